The summed E-state index contributed by atoms with van der Waals surface area (Å²) in [7, 11) is 0. The minimum atomic E-state index is -0.789. The van der Waals surface area contributed by atoms with E-state index in [1.807, 2.05) is 11.8 Å². The number of aliphatic carboxylic acids is 1. The van der Waals surface area contributed by atoms with Crippen LogP contribution in [0.25, 0.3) is 0 Å². The van der Waals surface area contributed by atoms with Crippen molar-refractivity contribution < 1.29 is 9.90 Å². The molecule has 1 fully saturated rings. The molecule has 0 amide bonds. The summed E-state index contributed by atoms with van der Waals surface area (Å²) in [5.74, 6) is 3.59. The molecule has 92 valence electrons. The van der Waals surface area contributed by atoms with Gasteiger partial charge in [0, 0.05) is 18.1 Å². The van der Waals surface area contributed by atoms with Crippen molar-refractivity contribution in [3.05, 3.63) is 11.6 Å². The molecule has 3 rings (SSSR count). The molecule has 0 bridgehead atoms. The third-order valence-corrected chi connectivity index (χ3v) is 4.63. The Morgan fingerprint density at radius 3 is 3.06 bits per heavy atom. The van der Waals surface area contributed by atoms with Crippen LogP contribution in [0, 0.1) is 0 Å². The molecule has 0 aromatic carbocycles. The number of aromatic nitrogens is 3. The Balaban J connectivity index is 1.92. The van der Waals surface area contributed by atoms with E-state index in [0.29, 0.717) is 12.3 Å². The highest BCUT2D eigenvalue weighted by atomic mass is 32.2. The lowest BCUT2D eigenvalue weighted by molar-refractivity contribution is -0.141. The van der Waals surface area contributed by atoms with E-state index in [4.69, 9.17) is 5.11 Å². The molecule has 0 radical (unpaired) electrons. The Morgan fingerprint density at radius 1 is 1.47 bits per heavy atom. The number of hydrogen-bond donors (Lipinski definition) is 1. The third-order valence-electron chi connectivity index (χ3n) is 3.47. The summed E-state index contributed by atoms with van der Waals surface area (Å²) in [6, 6.07) is -0.506. The zero-order chi connectivity index (χ0) is 11.8. The van der Waals surface area contributed by atoms with Crippen LogP contribution in [-0.4, -0.2) is 37.3 Å². The summed E-state index contributed by atoms with van der Waals surface area (Å²) in [6.45, 7) is 0. The molecule has 6 heteroatoms. The molecular formula is C11H15N3O2S. The lowest BCUT2D eigenvalue weighted by Gasteiger charge is -2.19. The number of rotatable bonds is 2. The maximum absolute atomic E-state index is 11.2. The second-order valence-electron chi connectivity index (χ2n) is 4.64. The fourth-order valence-corrected chi connectivity index (χ4v) is 3.73. The van der Waals surface area contributed by atoms with Gasteiger partial charge >= 0.3 is 5.97 Å². The van der Waals surface area contributed by atoms with Gasteiger partial charge in [-0.05, 0) is 25.0 Å². The highest BCUT2D eigenvalue weighted by Gasteiger charge is 2.30. The quantitative estimate of drug-likeness (QED) is 0.864. The Hall–Kier alpha value is -1.04. The third kappa shape index (κ3) is 1.94. The number of thioether (sulfide) groups is 1. The van der Waals surface area contributed by atoms with Crippen LogP contribution < -0.4 is 0 Å². The Bertz CT molecular complexity index is 440. The van der Waals surface area contributed by atoms with Crippen LogP contribution in [0.2, 0.25) is 0 Å². The van der Waals surface area contributed by atoms with Crippen LogP contribution >= 0.6 is 11.8 Å². The van der Waals surface area contributed by atoms with Crippen molar-refractivity contribution in [3.8, 4) is 0 Å². The minimum Gasteiger partial charge on any atom is -0.480 e. The van der Waals surface area contributed by atoms with Crippen LogP contribution in [0.1, 0.15) is 42.9 Å². The molecule has 3 heterocycles. The van der Waals surface area contributed by atoms with Gasteiger partial charge in [-0.1, -0.05) is 0 Å². The van der Waals surface area contributed by atoms with Gasteiger partial charge in [0.15, 0.2) is 11.9 Å². The molecular weight excluding hydrogens is 238 g/mol. The lowest BCUT2D eigenvalue weighted by atomic mass is 10.1. The van der Waals surface area contributed by atoms with Crippen molar-refractivity contribution in [1.82, 2.24) is 14.8 Å². The number of fused-ring (bicyclic) bond motifs is 1. The molecule has 2 aliphatic heterocycles. The summed E-state index contributed by atoms with van der Waals surface area (Å²) >= 11 is 1.92. The van der Waals surface area contributed by atoms with Crippen LogP contribution in [0.15, 0.2) is 0 Å². The highest BCUT2D eigenvalue weighted by Crippen LogP contribution is 2.32. The minimum absolute atomic E-state index is 0.424. The summed E-state index contributed by atoms with van der Waals surface area (Å²) in [5, 5.41) is 13.6. The highest BCUT2D eigenvalue weighted by molar-refractivity contribution is 7.99. The average molecular weight is 253 g/mol. The molecule has 0 saturated carbocycles. The molecule has 0 spiro atoms. The summed E-state index contributed by atoms with van der Waals surface area (Å²) in [6.07, 6.45) is 3.54. The predicted octanol–water partition coefficient (Wildman–Crippen LogP) is 1.46. The Kier molecular flexibility index (Phi) is 2.82. The maximum Gasteiger partial charge on any atom is 0.328 e. The smallest absolute Gasteiger partial charge is 0.328 e. The molecule has 0 aliphatic carbocycles. The van der Waals surface area contributed by atoms with E-state index in [-0.39, 0.29) is 0 Å². The number of carboxylic acids is 1. The fraction of sp³-hybridized carbons (Fsp3) is 0.727. The van der Waals surface area contributed by atoms with E-state index < -0.39 is 12.0 Å². The zero-order valence-electron chi connectivity index (χ0n) is 9.50. The first-order valence-electron chi connectivity index (χ1n) is 6.01. The first kappa shape index (κ1) is 11.1. The average Bonchev–Trinajstić information content (AvgIpc) is 2.96. The second-order valence-corrected chi connectivity index (χ2v) is 5.79. The SMILES string of the molecule is O=C(O)C1CCCc2nc(C3CCSC3)nn21. The monoisotopic (exact) mass is 253 g/mol. The van der Waals surface area contributed by atoms with Crippen molar-refractivity contribution in [2.45, 2.75) is 37.6 Å². The number of carbonyl (C=O) groups is 1. The van der Waals surface area contributed by atoms with E-state index in [1.165, 1.54) is 0 Å². The van der Waals surface area contributed by atoms with E-state index >= 15 is 0 Å². The Morgan fingerprint density at radius 2 is 2.35 bits per heavy atom. The normalized spacial score (nSPS) is 28.0. The topological polar surface area (TPSA) is 68.0 Å². The molecule has 2 aliphatic rings. The molecule has 5 nitrogen and oxygen atoms in total. The van der Waals surface area contributed by atoms with Gasteiger partial charge in [0.1, 0.15) is 5.82 Å². The number of carboxylic acid groups (broad SMARTS) is 1. The van der Waals surface area contributed by atoms with Crippen LogP contribution in [-0.2, 0) is 11.2 Å². The predicted molar refractivity (Wildman–Crippen MR) is 64.3 cm³/mol. The summed E-state index contributed by atoms with van der Waals surface area (Å²) in [5.41, 5.74) is 0. The van der Waals surface area contributed by atoms with E-state index in [1.54, 1.807) is 4.68 Å². The van der Waals surface area contributed by atoms with Gasteiger partial charge in [-0.15, -0.1) is 0 Å². The van der Waals surface area contributed by atoms with Gasteiger partial charge in [-0.25, -0.2) is 14.5 Å². The lowest BCUT2D eigenvalue weighted by Crippen LogP contribution is -2.26. The largest absolute Gasteiger partial charge is 0.480 e. The number of nitrogens with zero attached hydrogens (tertiary/aromatic N) is 3. The van der Waals surface area contributed by atoms with E-state index in [0.717, 1.165) is 42.4 Å². The molecule has 1 N–H and O–H groups in total. The first-order valence-corrected chi connectivity index (χ1v) is 7.17. The van der Waals surface area contributed by atoms with E-state index in [2.05, 4.69) is 10.1 Å². The van der Waals surface area contributed by atoms with Crippen LogP contribution in [0.3, 0.4) is 0 Å². The summed E-state index contributed by atoms with van der Waals surface area (Å²) < 4.78 is 1.64. The van der Waals surface area contributed by atoms with Crippen LogP contribution in [0.5, 0.6) is 0 Å². The molecule has 2 unspecified atom stereocenters. The van der Waals surface area contributed by atoms with Crippen molar-refractivity contribution in [2.75, 3.05) is 11.5 Å². The Labute approximate surface area is 104 Å². The van der Waals surface area contributed by atoms with Crippen molar-refractivity contribution in [3.63, 3.8) is 0 Å². The van der Waals surface area contributed by atoms with Crippen molar-refractivity contribution in [2.24, 2.45) is 0 Å². The molecule has 1 aromatic rings. The first-order chi connectivity index (χ1) is 8.25. The molecule has 2 atom stereocenters. The molecule has 1 saturated heterocycles. The van der Waals surface area contributed by atoms with Gasteiger partial charge < -0.3 is 5.11 Å². The van der Waals surface area contributed by atoms with Gasteiger partial charge in [-0.3, -0.25) is 0 Å². The standard InChI is InChI=1S/C11H15N3O2S/c15-11(16)8-2-1-3-9-12-10(13-14(8)9)7-4-5-17-6-7/h7-8H,1-6H2,(H,15,16). The van der Waals surface area contributed by atoms with Gasteiger partial charge in [-0.2, -0.15) is 16.9 Å². The van der Waals surface area contributed by atoms with Crippen molar-refractivity contribution in [1.29, 1.82) is 0 Å². The molecule has 1 aromatic heterocycles. The second kappa shape index (κ2) is 4.33. The zero-order valence-corrected chi connectivity index (χ0v) is 10.3. The number of aryl methyl sites for hydroxylation is 1. The summed E-state index contributed by atoms with van der Waals surface area (Å²) in [4.78, 5) is 15.7. The van der Waals surface area contributed by atoms with Crippen LogP contribution in [0.4, 0.5) is 0 Å². The van der Waals surface area contributed by atoms with Crippen molar-refractivity contribution >= 4 is 17.7 Å². The fourth-order valence-electron chi connectivity index (χ4n) is 2.51. The molecule has 17 heavy (non-hydrogen) atoms. The van der Waals surface area contributed by atoms with Gasteiger partial charge in [0.05, 0.1) is 0 Å². The maximum atomic E-state index is 11.2. The van der Waals surface area contributed by atoms with E-state index in [9.17, 15) is 4.79 Å². The van der Waals surface area contributed by atoms with Gasteiger partial charge in [0.2, 0.25) is 0 Å². The van der Waals surface area contributed by atoms with Gasteiger partial charge in [0.25, 0.3) is 0 Å². The number of hydrogen-bond acceptors (Lipinski definition) is 4.